The molecule has 2 unspecified atom stereocenters. The van der Waals surface area contributed by atoms with Gasteiger partial charge in [0.15, 0.2) is 0 Å². The second-order valence-electron chi connectivity index (χ2n) is 5.32. The van der Waals surface area contributed by atoms with Gasteiger partial charge in [-0.1, -0.05) is 31.1 Å². The first-order chi connectivity index (χ1) is 9.57. The van der Waals surface area contributed by atoms with Crippen LogP contribution in [0, 0.1) is 5.92 Å². The number of carbonyl (C=O) groups excluding carboxylic acids is 1. The maximum absolute atomic E-state index is 11.1. The van der Waals surface area contributed by atoms with Gasteiger partial charge in [-0.25, -0.2) is 0 Å². The number of ether oxygens (including phenoxy) is 1. The summed E-state index contributed by atoms with van der Waals surface area (Å²) in [5.74, 6) is -0.138. The molecule has 2 rings (SSSR count). The Morgan fingerprint density at radius 2 is 2.40 bits per heavy atom. The molecule has 108 valence electrons. The van der Waals surface area contributed by atoms with Crippen molar-refractivity contribution in [3.05, 3.63) is 30.1 Å². The molecule has 0 saturated heterocycles. The minimum absolute atomic E-state index is 0.127. The monoisotopic (exact) mass is 292 g/mol. The Kier molecular flexibility index (Phi) is 4.70. The van der Waals surface area contributed by atoms with E-state index >= 15 is 0 Å². The highest BCUT2D eigenvalue weighted by molar-refractivity contribution is 7.80. The van der Waals surface area contributed by atoms with E-state index in [0.717, 1.165) is 31.2 Å². The molecule has 0 bridgehead atoms. The number of thiocarbonyl (C=S) groups is 1. The Labute approximate surface area is 124 Å². The molecule has 5 heteroatoms. The highest BCUT2D eigenvalue weighted by Crippen LogP contribution is 2.44. The number of hydrogen-bond acceptors (Lipinski definition) is 4. The summed E-state index contributed by atoms with van der Waals surface area (Å²) in [4.78, 5) is 15.8. The predicted octanol–water partition coefficient (Wildman–Crippen LogP) is 2.36. The quantitative estimate of drug-likeness (QED) is 0.681. The largest absolute Gasteiger partial charge is 0.466 e. The average Bonchev–Trinajstić information content (AvgIpc) is 2.46. The number of esters is 1. The third-order valence-corrected chi connectivity index (χ3v) is 4.54. The SMILES string of the molecule is CC(=O)OCC1CCCCC1(C(N)=S)c1cccnc1. The van der Waals surface area contributed by atoms with Crippen molar-refractivity contribution in [1.82, 2.24) is 4.98 Å². The zero-order valence-electron chi connectivity index (χ0n) is 11.7. The van der Waals surface area contributed by atoms with Crippen molar-refractivity contribution in [1.29, 1.82) is 0 Å². The van der Waals surface area contributed by atoms with Crippen molar-refractivity contribution >= 4 is 23.2 Å². The van der Waals surface area contributed by atoms with E-state index < -0.39 is 5.41 Å². The Bertz CT molecular complexity index is 492. The Hall–Kier alpha value is -1.49. The van der Waals surface area contributed by atoms with Gasteiger partial charge in [0.1, 0.15) is 0 Å². The molecular weight excluding hydrogens is 272 g/mol. The molecule has 0 amide bonds. The second-order valence-corrected chi connectivity index (χ2v) is 5.76. The summed E-state index contributed by atoms with van der Waals surface area (Å²) < 4.78 is 5.23. The summed E-state index contributed by atoms with van der Waals surface area (Å²) in [5, 5.41) is 0. The molecule has 1 aromatic heterocycles. The van der Waals surface area contributed by atoms with Crippen LogP contribution in [0.5, 0.6) is 0 Å². The smallest absolute Gasteiger partial charge is 0.302 e. The van der Waals surface area contributed by atoms with Crippen molar-refractivity contribution in [3.8, 4) is 0 Å². The zero-order chi connectivity index (χ0) is 14.6. The number of aromatic nitrogens is 1. The summed E-state index contributed by atoms with van der Waals surface area (Å²) >= 11 is 5.38. The maximum atomic E-state index is 11.1. The Morgan fingerprint density at radius 3 is 3.00 bits per heavy atom. The molecule has 2 N–H and O–H groups in total. The van der Waals surface area contributed by atoms with Crippen molar-refractivity contribution in [2.75, 3.05) is 6.61 Å². The summed E-state index contributed by atoms with van der Waals surface area (Å²) in [6, 6.07) is 3.91. The normalized spacial score (nSPS) is 25.9. The molecule has 1 fully saturated rings. The van der Waals surface area contributed by atoms with Gasteiger partial charge in [0.05, 0.1) is 17.0 Å². The predicted molar refractivity (Wildman–Crippen MR) is 81.3 cm³/mol. The molecule has 1 heterocycles. The van der Waals surface area contributed by atoms with E-state index in [1.807, 2.05) is 18.3 Å². The van der Waals surface area contributed by atoms with Crippen molar-refractivity contribution in [2.45, 2.75) is 38.0 Å². The molecule has 1 aliphatic carbocycles. The molecule has 4 nitrogen and oxygen atoms in total. The topological polar surface area (TPSA) is 65.2 Å². The molecule has 1 aliphatic rings. The van der Waals surface area contributed by atoms with Crippen molar-refractivity contribution in [2.24, 2.45) is 11.7 Å². The fourth-order valence-corrected chi connectivity index (χ4v) is 3.55. The van der Waals surface area contributed by atoms with E-state index in [0.29, 0.717) is 11.6 Å². The van der Waals surface area contributed by atoms with E-state index in [1.54, 1.807) is 6.20 Å². The van der Waals surface area contributed by atoms with E-state index in [4.69, 9.17) is 22.7 Å². The molecule has 0 radical (unpaired) electrons. The number of nitrogens with zero attached hydrogens (tertiary/aromatic N) is 1. The van der Waals surface area contributed by atoms with Crippen LogP contribution in [0.3, 0.4) is 0 Å². The summed E-state index contributed by atoms with van der Waals surface area (Å²) in [7, 11) is 0. The van der Waals surface area contributed by atoms with Gasteiger partial charge in [0, 0.05) is 25.2 Å². The summed E-state index contributed by atoms with van der Waals surface area (Å²) in [5.41, 5.74) is 6.72. The van der Waals surface area contributed by atoms with E-state index in [2.05, 4.69) is 4.98 Å². The Morgan fingerprint density at radius 1 is 1.60 bits per heavy atom. The van der Waals surface area contributed by atoms with Crippen molar-refractivity contribution in [3.63, 3.8) is 0 Å². The lowest BCUT2D eigenvalue weighted by atomic mass is 9.63. The van der Waals surface area contributed by atoms with Crippen LogP contribution in [0.25, 0.3) is 0 Å². The third-order valence-electron chi connectivity index (χ3n) is 4.17. The van der Waals surface area contributed by atoms with Crippen LogP contribution in [0.4, 0.5) is 0 Å². The highest BCUT2D eigenvalue weighted by atomic mass is 32.1. The maximum Gasteiger partial charge on any atom is 0.302 e. The van der Waals surface area contributed by atoms with Crippen LogP contribution in [-0.4, -0.2) is 22.5 Å². The zero-order valence-corrected chi connectivity index (χ0v) is 12.5. The first-order valence-corrected chi connectivity index (χ1v) is 7.32. The number of hydrogen-bond donors (Lipinski definition) is 1. The number of rotatable bonds is 4. The lowest BCUT2D eigenvalue weighted by molar-refractivity contribution is -0.143. The summed E-state index contributed by atoms with van der Waals surface area (Å²) in [6.07, 6.45) is 7.59. The molecule has 20 heavy (non-hydrogen) atoms. The fourth-order valence-electron chi connectivity index (χ4n) is 3.16. The lowest BCUT2D eigenvalue weighted by Crippen LogP contribution is -2.49. The lowest BCUT2D eigenvalue weighted by Gasteiger charge is -2.43. The van der Waals surface area contributed by atoms with Gasteiger partial charge < -0.3 is 10.5 Å². The fraction of sp³-hybridized carbons (Fsp3) is 0.533. The Balaban J connectivity index is 2.36. The third kappa shape index (κ3) is 2.82. The number of pyridine rings is 1. The van der Waals surface area contributed by atoms with Gasteiger partial charge in [0.2, 0.25) is 0 Å². The molecular formula is C15H20N2O2S. The average molecular weight is 292 g/mol. The van der Waals surface area contributed by atoms with Crippen LogP contribution in [0.15, 0.2) is 24.5 Å². The van der Waals surface area contributed by atoms with Crippen LogP contribution in [0.2, 0.25) is 0 Å². The van der Waals surface area contributed by atoms with Gasteiger partial charge in [0.25, 0.3) is 0 Å². The molecule has 1 aromatic rings. The van der Waals surface area contributed by atoms with Crippen LogP contribution < -0.4 is 5.73 Å². The van der Waals surface area contributed by atoms with E-state index in [-0.39, 0.29) is 11.9 Å². The minimum Gasteiger partial charge on any atom is -0.466 e. The van der Waals surface area contributed by atoms with Gasteiger partial charge in [-0.3, -0.25) is 9.78 Å². The van der Waals surface area contributed by atoms with E-state index in [1.165, 1.54) is 6.92 Å². The molecule has 1 saturated carbocycles. The van der Waals surface area contributed by atoms with Gasteiger partial charge >= 0.3 is 5.97 Å². The van der Waals surface area contributed by atoms with Gasteiger partial charge in [-0.15, -0.1) is 0 Å². The number of nitrogens with two attached hydrogens (primary N) is 1. The molecule has 0 spiro atoms. The second kappa shape index (κ2) is 6.31. The highest BCUT2D eigenvalue weighted by Gasteiger charge is 2.45. The standard InChI is InChI=1S/C15H20N2O2S/c1-11(18)19-10-13-5-2-3-7-15(13,14(16)20)12-6-4-8-17-9-12/h4,6,8-9,13H,2-3,5,7,10H2,1H3,(H2,16,20). The summed E-state index contributed by atoms with van der Waals surface area (Å²) in [6.45, 7) is 1.79. The van der Waals surface area contributed by atoms with Crippen LogP contribution >= 0.6 is 12.2 Å². The number of carbonyl (C=O) groups is 1. The van der Waals surface area contributed by atoms with Gasteiger partial charge in [-0.2, -0.15) is 0 Å². The first kappa shape index (κ1) is 14.9. The van der Waals surface area contributed by atoms with Gasteiger partial charge in [-0.05, 0) is 24.5 Å². The van der Waals surface area contributed by atoms with Crippen LogP contribution in [-0.2, 0) is 14.9 Å². The van der Waals surface area contributed by atoms with Crippen LogP contribution in [0.1, 0.15) is 38.2 Å². The molecule has 0 aromatic carbocycles. The van der Waals surface area contributed by atoms with Crippen molar-refractivity contribution < 1.29 is 9.53 Å². The van der Waals surface area contributed by atoms with E-state index in [9.17, 15) is 4.79 Å². The molecule has 0 aliphatic heterocycles. The minimum atomic E-state index is -0.405. The molecule has 2 atom stereocenters. The first-order valence-electron chi connectivity index (χ1n) is 6.91.